The first kappa shape index (κ1) is 20.5. The Morgan fingerprint density at radius 1 is 1.22 bits per heavy atom. The summed E-state index contributed by atoms with van der Waals surface area (Å²) in [5, 5.41) is 7.22. The molecule has 0 bridgehead atoms. The molecule has 6 heteroatoms. The fourth-order valence-electron chi connectivity index (χ4n) is 3.91. The summed E-state index contributed by atoms with van der Waals surface area (Å²) < 4.78 is 5.81. The number of hydrogen-bond acceptors (Lipinski definition) is 4. The maximum absolute atomic E-state index is 5.54. The van der Waals surface area contributed by atoms with E-state index in [0.717, 1.165) is 71.0 Å². The molecule has 2 aliphatic heterocycles. The molecule has 0 amide bonds. The van der Waals surface area contributed by atoms with Crippen molar-refractivity contribution in [2.75, 3.05) is 46.2 Å². The van der Waals surface area contributed by atoms with Crippen molar-refractivity contribution in [3.8, 4) is 0 Å². The second-order valence-corrected chi connectivity index (χ2v) is 8.88. The van der Waals surface area contributed by atoms with Crippen LogP contribution < -0.4 is 10.6 Å². The van der Waals surface area contributed by atoms with Gasteiger partial charge >= 0.3 is 0 Å². The molecular weight excluding hydrogens is 356 g/mol. The lowest BCUT2D eigenvalue weighted by Gasteiger charge is -2.37. The fraction of sp³-hybridized carbons (Fsp3) is 0.667. The number of nitrogens with one attached hydrogen (secondary N) is 2. The molecule has 1 aromatic rings. The van der Waals surface area contributed by atoms with Crippen LogP contribution in [0.3, 0.4) is 0 Å². The Morgan fingerprint density at radius 2 is 1.93 bits per heavy atom. The zero-order valence-corrected chi connectivity index (χ0v) is 17.6. The Bertz CT molecular complexity index is 581. The summed E-state index contributed by atoms with van der Waals surface area (Å²) in [5.41, 5.74) is 1.40. The van der Waals surface area contributed by atoms with Gasteiger partial charge in [-0.25, -0.2) is 0 Å². The standard InChI is InChI=1S/C21H34N4OS/c1-22-20(23-17-21(27-2)10-14-26-15-11-21)24-19-8-12-25(13-9-19)16-18-6-4-3-5-7-18/h3-7,19H,8-17H2,1-2H3,(H2,22,23,24). The third-order valence-corrected chi connectivity index (χ3v) is 7.23. The van der Waals surface area contributed by atoms with E-state index in [0.29, 0.717) is 6.04 Å². The van der Waals surface area contributed by atoms with Gasteiger partial charge in [-0.3, -0.25) is 9.89 Å². The van der Waals surface area contributed by atoms with E-state index in [2.05, 4.69) is 57.1 Å². The van der Waals surface area contributed by atoms with E-state index in [1.807, 2.05) is 18.8 Å². The fourth-order valence-corrected chi connectivity index (χ4v) is 4.70. The Balaban J connectivity index is 1.41. The second kappa shape index (κ2) is 10.3. The average Bonchev–Trinajstić information content (AvgIpc) is 2.74. The molecule has 0 spiro atoms. The molecule has 0 unspecified atom stereocenters. The number of hydrogen-bond donors (Lipinski definition) is 2. The SMILES string of the molecule is CN=C(NCC1(SC)CCOCC1)NC1CCN(Cc2ccccc2)CC1. The van der Waals surface area contributed by atoms with E-state index >= 15 is 0 Å². The van der Waals surface area contributed by atoms with Crippen molar-refractivity contribution in [2.24, 2.45) is 4.99 Å². The number of aliphatic imine (C=N–C) groups is 1. The highest BCUT2D eigenvalue weighted by Crippen LogP contribution is 2.32. The molecule has 0 aliphatic carbocycles. The zero-order valence-electron chi connectivity index (χ0n) is 16.7. The lowest BCUT2D eigenvalue weighted by atomic mass is 9.99. The van der Waals surface area contributed by atoms with Crippen LogP contribution in [0.1, 0.15) is 31.2 Å². The molecule has 0 saturated carbocycles. The summed E-state index contributed by atoms with van der Waals surface area (Å²) in [4.78, 5) is 7.01. The highest BCUT2D eigenvalue weighted by atomic mass is 32.2. The Morgan fingerprint density at radius 3 is 2.56 bits per heavy atom. The lowest BCUT2D eigenvalue weighted by Crippen LogP contribution is -2.52. The van der Waals surface area contributed by atoms with Crippen LogP contribution in [0.2, 0.25) is 0 Å². The molecular formula is C21H34N4OS. The van der Waals surface area contributed by atoms with Crippen molar-refractivity contribution in [1.29, 1.82) is 0 Å². The number of benzene rings is 1. The number of guanidine groups is 1. The van der Waals surface area contributed by atoms with Gasteiger partial charge in [0.05, 0.1) is 0 Å². The lowest BCUT2D eigenvalue weighted by molar-refractivity contribution is 0.0782. The van der Waals surface area contributed by atoms with Crippen molar-refractivity contribution >= 4 is 17.7 Å². The monoisotopic (exact) mass is 390 g/mol. The van der Waals surface area contributed by atoms with Gasteiger partial charge in [-0.1, -0.05) is 30.3 Å². The molecule has 3 rings (SSSR count). The van der Waals surface area contributed by atoms with Crippen LogP contribution >= 0.6 is 11.8 Å². The highest BCUT2D eigenvalue weighted by Gasteiger charge is 2.32. The molecule has 2 N–H and O–H groups in total. The zero-order chi connectivity index (χ0) is 19.0. The van der Waals surface area contributed by atoms with Crippen molar-refractivity contribution in [1.82, 2.24) is 15.5 Å². The Kier molecular flexibility index (Phi) is 7.85. The van der Waals surface area contributed by atoms with Crippen molar-refractivity contribution in [3.63, 3.8) is 0 Å². The first-order valence-electron chi connectivity index (χ1n) is 10.1. The topological polar surface area (TPSA) is 48.9 Å². The molecule has 0 radical (unpaired) electrons. The van der Waals surface area contributed by atoms with E-state index < -0.39 is 0 Å². The average molecular weight is 391 g/mol. The molecule has 0 aromatic heterocycles. The number of ether oxygens (including phenoxy) is 1. The predicted molar refractivity (Wildman–Crippen MR) is 116 cm³/mol. The third-order valence-electron chi connectivity index (χ3n) is 5.82. The molecule has 2 heterocycles. The van der Waals surface area contributed by atoms with Crippen LogP contribution in [0.4, 0.5) is 0 Å². The maximum atomic E-state index is 5.54. The Labute approximate surface area is 168 Å². The van der Waals surface area contributed by atoms with Gasteiger partial charge in [0.1, 0.15) is 0 Å². The summed E-state index contributed by atoms with van der Waals surface area (Å²) in [5.74, 6) is 0.941. The van der Waals surface area contributed by atoms with Gasteiger partial charge in [-0.15, -0.1) is 0 Å². The van der Waals surface area contributed by atoms with Crippen LogP contribution in [-0.2, 0) is 11.3 Å². The number of thioether (sulfide) groups is 1. The van der Waals surface area contributed by atoms with Crippen molar-refractivity contribution < 1.29 is 4.74 Å². The smallest absolute Gasteiger partial charge is 0.191 e. The minimum Gasteiger partial charge on any atom is -0.381 e. The maximum Gasteiger partial charge on any atom is 0.191 e. The molecule has 1 aromatic carbocycles. The predicted octanol–water partition coefficient (Wildman–Crippen LogP) is 2.73. The minimum atomic E-state index is 0.273. The molecule has 150 valence electrons. The number of nitrogens with zero attached hydrogens (tertiary/aromatic N) is 2. The molecule has 2 aliphatic rings. The van der Waals surface area contributed by atoms with E-state index in [4.69, 9.17) is 4.74 Å². The van der Waals surface area contributed by atoms with Gasteiger partial charge < -0.3 is 15.4 Å². The van der Waals surface area contributed by atoms with Gasteiger partial charge in [-0.05, 0) is 37.5 Å². The van der Waals surface area contributed by atoms with Gasteiger partial charge in [-0.2, -0.15) is 11.8 Å². The van der Waals surface area contributed by atoms with Gasteiger partial charge in [0.25, 0.3) is 0 Å². The minimum absolute atomic E-state index is 0.273. The summed E-state index contributed by atoms with van der Waals surface area (Å²) >= 11 is 1.96. The van der Waals surface area contributed by atoms with Crippen molar-refractivity contribution in [2.45, 2.75) is 43.0 Å². The molecule has 2 fully saturated rings. The van der Waals surface area contributed by atoms with Crippen molar-refractivity contribution in [3.05, 3.63) is 35.9 Å². The number of piperidine rings is 1. The van der Waals surface area contributed by atoms with Gasteiger partial charge in [0.2, 0.25) is 0 Å². The van der Waals surface area contributed by atoms with Gasteiger partial charge in [0, 0.05) is 57.2 Å². The van der Waals surface area contributed by atoms with Crippen LogP contribution in [0.5, 0.6) is 0 Å². The summed E-state index contributed by atoms with van der Waals surface area (Å²) in [6.07, 6.45) is 6.75. The van der Waals surface area contributed by atoms with Crippen LogP contribution in [0, 0.1) is 0 Å². The van der Waals surface area contributed by atoms with E-state index in [1.54, 1.807) is 0 Å². The summed E-state index contributed by atoms with van der Waals surface area (Å²) in [6.45, 7) is 6.01. The number of rotatable bonds is 6. The van der Waals surface area contributed by atoms with E-state index in [-0.39, 0.29) is 4.75 Å². The van der Waals surface area contributed by atoms with Crippen LogP contribution in [0.15, 0.2) is 35.3 Å². The summed E-state index contributed by atoms with van der Waals surface area (Å²) in [6, 6.07) is 11.3. The molecule has 27 heavy (non-hydrogen) atoms. The molecule has 2 saturated heterocycles. The molecule has 5 nitrogen and oxygen atoms in total. The van der Waals surface area contributed by atoms with E-state index in [9.17, 15) is 0 Å². The molecule has 0 atom stereocenters. The summed E-state index contributed by atoms with van der Waals surface area (Å²) in [7, 11) is 1.87. The third kappa shape index (κ3) is 6.13. The number of likely N-dealkylation sites (tertiary alicyclic amines) is 1. The van der Waals surface area contributed by atoms with Crippen LogP contribution in [-0.4, -0.2) is 67.8 Å². The second-order valence-electron chi connectivity index (χ2n) is 7.61. The first-order valence-corrected chi connectivity index (χ1v) is 11.3. The quantitative estimate of drug-likeness (QED) is 0.578. The largest absolute Gasteiger partial charge is 0.381 e. The van der Waals surface area contributed by atoms with E-state index in [1.165, 1.54) is 5.56 Å². The van der Waals surface area contributed by atoms with Crippen LogP contribution in [0.25, 0.3) is 0 Å². The normalized spacial score (nSPS) is 21.8. The Hall–Kier alpha value is -1.24. The van der Waals surface area contributed by atoms with Gasteiger partial charge in [0.15, 0.2) is 5.96 Å². The highest BCUT2D eigenvalue weighted by molar-refractivity contribution is 8.00. The first-order chi connectivity index (χ1) is 13.2.